The molecule has 0 saturated carbocycles. The van der Waals surface area contributed by atoms with Gasteiger partial charge in [-0.05, 0) is 0 Å². The third-order valence-electron chi connectivity index (χ3n) is 0. The third-order valence-corrected chi connectivity index (χ3v) is 0. The van der Waals surface area contributed by atoms with Crippen molar-refractivity contribution in [3.05, 3.63) is 6.15 Å². The summed E-state index contributed by atoms with van der Waals surface area (Å²) >= 11 is 0. The van der Waals surface area contributed by atoms with Gasteiger partial charge in [-0.25, -0.2) is 0 Å². The summed E-state index contributed by atoms with van der Waals surface area (Å²) < 4.78 is 0. The molecule has 0 aromatic rings. The van der Waals surface area contributed by atoms with E-state index in [0.29, 0.717) is 0 Å². The molecule has 0 amide bonds. The fourth-order valence-corrected chi connectivity index (χ4v) is 0. The summed E-state index contributed by atoms with van der Waals surface area (Å²) in [6, 6.07) is 0. The molecule has 0 heterocycles. The average Bonchev–Trinajstić information content (AvgIpc) is 0. The fourth-order valence-electron chi connectivity index (χ4n) is 0. The van der Waals surface area contributed by atoms with Gasteiger partial charge < -0.3 is 6.15 Å². The van der Waals surface area contributed by atoms with E-state index in [0.717, 1.165) is 0 Å². The third kappa shape index (κ3) is 34.9. The van der Waals surface area contributed by atoms with E-state index < -0.39 is 0 Å². The molecular weight excluding hydrogens is 156 g/mol. The molecular formula is H6Mg3NNa3. The molecule has 7 heavy (non-hydrogen) atoms. The largest absolute Gasteiger partial charge is 3.00 e. The number of nitrogens with zero attached hydrogens (tertiary/aromatic N) is 1. The quantitative estimate of drug-likeness (QED) is 0.317. The van der Waals surface area contributed by atoms with Crippen LogP contribution in [0.3, 0.4) is 0 Å². The van der Waals surface area contributed by atoms with Gasteiger partial charge in [0.25, 0.3) is 0 Å². The minimum atomic E-state index is 0. The smallest absolute Gasteiger partial charge is 1.00 e. The second-order valence-corrected chi connectivity index (χ2v) is 0. The van der Waals surface area contributed by atoms with Crippen LogP contribution < -0.4 is 88.7 Å². The first-order chi connectivity index (χ1) is 0. The molecule has 0 aliphatic rings. The van der Waals surface area contributed by atoms with E-state index in [-0.39, 0.29) is 164 Å². The maximum atomic E-state index is 0. The average molecular weight is 162 g/mol. The van der Waals surface area contributed by atoms with Crippen molar-refractivity contribution >= 4 is 69.2 Å². The normalized spacial score (nSPS) is 0. The van der Waals surface area contributed by atoms with Gasteiger partial charge in [-0.15, -0.1) is 0 Å². The van der Waals surface area contributed by atoms with Crippen molar-refractivity contribution in [2.24, 2.45) is 0 Å². The minimum absolute atomic E-state index is 0. The maximum absolute atomic E-state index is 0. The maximum Gasteiger partial charge on any atom is 1.00 e. The summed E-state index contributed by atoms with van der Waals surface area (Å²) in [5.41, 5.74) is 0. The molecule has 0 atom stereocenters. The minimum Gasteiger partial charge on any atom is -3.00 e. The predicted molar refractivity (Wildman–Crippen MR) is 29.0 cm³/mol. The van der Waals surface area contributed by atoms with Crippen LogP contribution in [0.25, 0.3) is 6.15 Å². The van der Waals surface area contributed by atoms with Gasteiger partial charge in [0.05, 0.1) is 0 Å². The molecule has 0 unspecified atom stereocenters. The topological polar surface area (TPSA) is 30.5 Å². The number of hydrogen-bond donors (Lipinski definition) is 0. The zero-order valence-corrected chi connectivity index (χ0v) is 9.45. The van der Waals surface area contributed by atoms with E-state index in [1.165, 1.54) is 0 Å². The van der Waals surface area contributed by atoms with Crippen LogP contribution in [0.4, 0.5) is 0 Å². The molecule has 0 saturated heterocycles. The van der Waals surface area contributed by atoms with Crippen molar-refractivity contribution in [2.75, 3.05) is 0 Å². The SMILES string of the molecule is [MgH2].[MgH2].[MgH2].[N-3].[Na+].[Na+].[Na+]. The molecule has 0 fully saturated rings. The van der Waals surface area contributed by atoms with Gasteiger partial charge >= 0.3 is 158 Å². The molecule has 1 nitrogen and oxygen atoms in total. The van der Waals surface area contributed by atoms with Gasteiger partial charge in [0.1, 0.15) is 0 Å². The van der Waals surface area contributed by atoms with Crippen molar-refractivity contribution < 1.29 is 88.7 Å². The van der Waals surface area contributed by atoms with Crippen molar-refractivity contribution in [1.82, 2.24) is 0 Å². The van der Waals surface area contributed by atoms with Gasteiger partial charge in [0.15, 0.2) is 0 Å². The van der Waals surface area contributed by atoms with Crippen LogP contribution in [-0.2, 0) is 0 Å². The van der Waals surface area contributed by atoms with Gasteiger partial charge in [0, 0.05) is 0 Å². The van der Waals surface area contributed by atoms with E-state index >= 15 is 0 Å². The first-order valence-corrected chi connectivity index (χ1v) is 0. The molecule has 0 rings (SSSR count). The Labute approximate surface area is 160 Å². The molecule has 20 valence electrons. The Morgan fingerprint density at radius 1 is 0.429 bits per heavy atom. The molecule has 0 bridgehead atoms. The number of hydrogen-bond acceptors (Lipinski definition) is 0. The second-order valence-electron chi connectivity index (χ2n) is 0. The van der Waals surface area contributed by atoms with Crippen molar-refractivity contribution in [2.45, 2.75) is 0 Å². The van der Waals surface area contributed by atoms with Crippen LogP contribution in [0.2, 0.25) is 0 Å². The summed E-state index contributed by atoms with van der Waals surface area (Å²) in [7, 11) is 0. The Hall–Kier alpha value is 5.26. The Morgan fingerprint density at radius 2 is 0.429 bits per heavy atom. The van der Waals surface area contributed by atoms with Crippen LogP contribution in [0.1, 0.15) is 0 Å². The van der Waals surface area contributed by atoms with Crippen molar-refractivity contribution in [3.63, 3.8) is 0 Å². The predicted octanol–water partition coefficient (Wildman–Crippen LogP) is -11.4. The summed E-state index contributed by atoms with van der Waals surface area (Å²) in [5.74, 6) is 0. The first kappa shape index (κ1) is 56.2. The van der Waals surface area contributed by atoms with Gasteiger partial charge in [-0.2, -0.15) is 0 Å². The molecule has 0 spiro atoms. The van der Waals surface area contributed by atoms with E-state index in [4.69, 9.17) is 0 Å². The standard InChI is InChI=1S/3Mg.N.3Na.6H/q;;;-3;3*+1;;;;;;. The Balaban J connectivity index is 0. The van der Waals surface area contributed by atoms with Crippen molar-refractivity contribution in [1.29, 1.82) is 0 Å². The van der Waals surface area contributed by atoms with Crippen LogP contribution >= 0.6 is 0 Å². The van der Waals surface area contributed by atoms with Crippen LogP contribution in [0.5, 0.6) is 0 Å². The summed E-state index contributed by atoms with van der Waals surface area (Å²) in [6.07, 6.45) is 0. The molecule has 0 aliphatic heterocycles. The zero-order chi connectivity index (χ0) is 0. The molecule has 0 aromatic heterocycles. The van der Waals surface area contributed by atoms with Crippen LogP contribution in [-0.4, -0.2) is 69.2 Å². The Bertz CT molecular complexity index is 10.1. The second kappa shape index (κ2) is 42.8. The number of rotatable bonds is 0. The van der Waals surface area contributed by atoms with E-state index in [2.05, 4.69) is 0 Å². The zero-order valence-electron chi connectivity index (χ0n) is 3.45. The van der Waals surface area contributed by atoms with E-state index in [1.807, 2.05) is 0 Å². The summed E-state index contributed by atoms with van der Waals surface area (Å²) in [6.45, 7) is 0. The summed E-state index contributed by atoms with van der Waals surface area (Å²) in [5, 5.41) is 0. The van der Waals surface area contributed by atoms with Gasteiger partial charge in [-0.3, -0.25) is 0 Å². The Kier molecular flexibility index (Phi) is 344. The molecule has 0 aliphatic carbocycles. The fraction of sp³-hybridized carbons (Fsp3) is 0. The molecule has 7 heteroatoms. The van der Waals surface area contributed by atoms with Gasteiger partial charge in [-0.1, -0.05) is 0 Å². The van der Waals surface area contributed by atoms with Crippen LogP contribution in [0.15, 0.2) is 0 Å². The summed E-state index contributed by atoms with van der Waals surface area (Å²) in [4.78, 5) is 0. The van der Waals surface area contributed by atoms with Crippen molar-refractivity contribution in [3.8, 4) is 0 Å². The van der Waals surface area contributed by atoms with E-state index in [1.54, 1.807) is 0 Å². The first-order valence-electron chi connectivity index (χ1n) is 0. The monoisotopic (exact) mass is 161 g/mol. The molecule has 0 aromatic carbocycles. The Morgan fingerprint density at radius 3 is 0.429 bits per heavy atom. The van der Waals surface area contributed by atoms with Crippen LogP contribution in [0, 0.1) is 0 Å². The molecule has 0 radical (unpaired) electrons. The van der Waals surface area contributed by atoms with E-state index in [9.17, 15) is 0 Å². The van der Waals surface area contributed by atoms with Gasteiger partial charge in [0.2, 0.25) is 0 Å². The molecule has 0 N–H and O–H groups in total.